The fourth-order valence-corrected chi connectivity index (χ4v) is 1.08. The summed E-state index contributed by atoms with van der Waals surface area (Å²) >= 11 is 5.64. The van der Waals surface area contributed by atoms with Crippen molar-refractivity contribution in [3.05, 3.63) is 34.9 Å². The molecule has 0 heterocycles. The number of halogens is 2. The lowest BCUT2D eigenvalue weighted by Gasteiger charge is -2.04. The van der Waals surface area contributed by atoms with Crippen LogP contribution in [0.25, 0.3) is 0 Å². The third-order valence-electron chi connectivity index (χ3n) is 1.66. The molecule has 0 bridgehead atoms. The van der Waals surface area contributed by atoms with E-state index in [-0.39, 0.29) is 6.42 Å². The van der Waals surface area contributed by atoms with E-state index < -0.39 is 12.1 Å². The minimum absolute atomic E-state index is 0.201. The molecule has 13 heavy (non-hydrogen) atoms. The molecule has 0 fully saturated rings. The highest BCUT2D eigenvalue weighted by atomic mass is 35.5. The molecule has 1 aromatic carbocycles. The van der Waals surface area contributed by atoms with Crippen molar-refractivity contribution in [3.8, 4) is 0 Å². The predicted molar refractivity (Wildman–Crippen MR) is 49.2 cm³/mol. The van der Waals surface area contributed by atoms with Gasteiger partial charge in [-0.2, -0.15) is 4.39 Å². The van der Waals surface area contributed by atoms with E-state index in [0.29, 0.717) is 5.02 Å². The first-order chi connectivity index (χ1) is 6.09. The Hall–Kier alpha value is -0.930. The van der Waals surface area contributed by atoms with Crippen molar-refractivity contribution in [3.63, 3.8) is 0 Å². The minimum atomic E-state index is -1.49. The van der Waals surface area contributed by atoms with Crippen molar-refractivity contribution in [2.75, 3.05) is 0 Å². The van der Waals surface area contributed by atoms with E-state index in [1.807, 2.05) is 0 Å². The van der Waals surface area contributed by atoms with Crippen LogP contribution >= 0.6 is 11.6 Å². The van der Waals surface area contributed by atoms with Crippen LogP contribution in [0.3, 0.4) is 0 Å². The van der Waals surface area contributed by atoms with Crippen LogP contribution in [-0.2, 0) is 11.2 Å². The highest BCUT2D eigenvalue weighted by Crippen LogP contribution is 2.10. The molecule has 0 aliphatic carbocycles. The molecule has 0 saturated heterocycles. The second kappa shape index (κ2) is 4.35. The maximum absolute atomic E-state index is 12.1. The lowest BCUT2D eigenvalue weighted by atomic mass is 10.1. The summed E-state index contributed by atoms with van der Waals surface area (Å²) in [6, 6.07) is 4.21. The Bertz CT molecular complexity index is 299. The van der Waals surface area contributed by atoms with Crippen molar-refractivity contribution in [1.82, 2.24) is 0 Å². The first-order valence-corrected chi connectivity index (χ1v) is 4.17. The van der Waals surface area contributed by atoms with Crippen LogP contribution in [0, 0.1) is 0 Å². The van der Waals surface area contributed by atoms with Crippen LogP contribution in [-0.4, -0.2) is 12.1 Å². The van der Waals surface area contributed by atoms with Gasteiger partial charge in [0.1, 0.15) is 6.04 Å². The van der Waals surface area contributed by atoms with Crippen molar-refractivity contribution >= 4 is 17.6 Å². The summed E-state index contributed by atoms with van der Waals surface area (Å²) in [7, 11) is 0. The van der Waals surface area contributed by atoms with Gasteiger partial charge in [-0.25, -0.2) is 0 Å². The maximum Gasteiger partial charge on any atom is 0.318 e. The molecule has 70 valence electrons. The SMILES string of the molecule is N[C@H](Cc1ccc(Cl)cc1)C(=O)F. The Kier molecular flexibility index (Phi) is 3.39. The summed E-state index contributed by atoms with van der Waals surface area (Å²) in [5.74, 6) is 0. The zero-order chi connectivity index (χ0) is 9.84. The van der Waals surface area contributed by atoms with Gasteiger partial charge in [-0.15, -0.1) is 0 Å². The highest BCUT2D eigenvalue weighted by Gasteiger charge is 2.12. The number of carbonyl (C=O) groups is 1. The predicted octanol–water partition coefficient (Wildman–Crippen LogP) is 1.71. The first-order valence-electron chi connectivity index (χ1n) is 3.79. The summed E-state index contributed by atoms with van der Waals surface area (Å²) in [5, 5.41) is 0.601. The van der Waals surface area contributed by atoms with Crippen LogP contribution in [0.5, 0.6) is 0 Å². The standard InChI is InChI=1S/C9H9ClFNO/c10-7-3-1-6(2-4-7)5-8(12)9(11)13/h1-4,8H,5,12H2/t8-/m1/s1. The molecule has 1 atom stereocenters. The molecular formula is C9H9ClFNO. The van der Waals surface area contributed by atoms with E-state index in [0.717, 1.165) is 5.56 Å². The minimum Gasteiger partial charge on any atom is -0.319 e. The molecule has 4 heteroatoms. The Morgan fingerprint density at radius 1 is 1.46 bits per heavy atom. The van der Waals surface area contributed by atoms with E-state index in [1.165, 1.54) is 0 Å². The molecule has 0 aromatic heterocycles. The molecule has 1 rings (SSSR count). The van der Waals surface area contributed by atoms with Crippen LogP contribution in [0.1, 0.15) is 5.56 Å². The topological polar surface area (TPSA) is 43.1 Å². The third-order valence-corrected chi connectivity index (χ3v) is 1.91. The summed E-state index contributed by atoms with van der Waals surface area (Å²) in [4.78, 5) is 10.2. The normalized spacial score (nSPS) is 12.5. The van der Waals surface area contributed by atoms with Gasteiger partial charge in [-0.05, 0) is 24.1 Å². The Morgan fingerprint density at radius 3 is 2.46 bits per heavy atom. The summed E-state index contributed by atoms with van der Waals surface area (Å²) in [6.07, 6.45) is 0.201. The summed E-state index contributed by atoms with van der Waals surface area (Å²) < 4.78 is 12.1. The van der Waals surface area contributed by atoms with Crippen molar-refractivity contribution in [2.24, 2.45) is 5.73 Å². The lowest BCUT2D eigenvalue weighted by Crippen LogP contribution is -2.29. The number of carbonyl (C=O) groups excluding carboxylic acids is 1. The van der Waals surface area contributed by atoms with E-state index in [9.17, 15) is 9.18 Å². The first kappa shape index (κ1) is 10.2. The van der Waals surface area contributed by atoms with E-state index >= 15 is 0 Å². The van der Waals surface area contributed by atoms with Gasteiger partial charge < -0.3 is 5.73 Å². The van der Waals surface area contributed by atoms with Crippen LogP contribution < -0.4 is 5.73 Å². The molecular weight excluding hydrogens is 193 g/mol. The van der Waals surface area contributed by atoms with Crippen LogP contribution in [0.2, 0.25) is 5.02 Å². The lowest BCUT2D eigenvalue weighted by molar-refractivity contribution is -0.130. The Balaban J connectivity index is 2.64. The van der Waals surface area contributed by atoms with Crippen molar-refractivity contribution in [2.45, 2.75) is 12.5 Å². The number of nitrogens with two attached hydrogens (primary N) is 1. The largest absolute Gasteiger partial charge is 0.319 e. The second-order valence-corrected chi connectivity index (χ2v) is 3.18. The number of benzene rings is 1. The van der Waals surface area contributed by atoms with Gasteiger partial charge in [-0.1, -0.05) is 23.7 Å². The van der Waals surface area contributed by atoms with Crippen molar-refractivity contribution in [1.29, 1.82) is 0 Å². The van der Waals surface area contributed by atoms with Crippen LogP contribution in [0.15, 0.2) is 24.3 Å². The molecule has 2 nitrogen and oxygen atoms in total. The molecule has 0 amide bonds. The number of hydrogen-bond donors (Lipinski definition) is 1. The molecule has 0 spiro atoms. The monoisotopic (exact) mass is 201 g/mol. The molecule has 0 radical (unpaired) electrons. The average molecular weight is 202 g/mol. The highest BCUT2D eigenvalue weighted by molar-refractivity contribution is 6.30. The van der Waals surface area contributed by atoms with Gasteiger partial charge in [0.15, 0.2) is 0 Å². The second-order valence-electron chi connectivity index (χ2n) is 2.74. The quantitative estimate of drug-likeness (QED) is 0.757. The van der Waals surface area contributed by atoms with E-state index in [2.05, 4.69) is 0 Å². The Labute approximate surface area is 80.5 Å². The third kappa shape index (κ3) is 3.13. The van der Waals surface area contributed by atoms with Crippen LogP contribution in [0.4, 0.5) is 4.39 Å². The Morgan fingerprint density at radius 2 is 2.00 bits per heavy atom. The maximum atomic E-state index is 12.1. The van der Waals surface area contributed by atoms with Gasteiger partial charge in [0.25, 0.3) is 0 Å². The van der Waals surface area contributed by atoms with Gasteiger partial charge in [0.05, 0.1) is 0 Å². The zero-order valence-electron chi connectivity index (χ0n) is 6.84. The summed E-state index contributed by atoms with van der Waals surface area (Å²) in [6.45, 7) is 0. The molecule has 2 N–H and O–H groups in total. The fraction of sp³-hybridized carbons (Fsp3) is 0.222. The smallest absolute Gasteiger partial charge is 0.318 e. The average Bonchev–Trinajstić information content (AvgIpc) is 2.08. The molecule has 0 saturated carbocycles. The summed E-state index contributed by atoms with van der Waals surface area (Å²) in [5.41, 5.74) is 6.02. The van der Waals surface area contributed by atoms with Gasteiger partial charge in [-0.3, -0.25) is 4.79 Å². The van der Waals surface area contributed by atoms with Gasteiger partial charge in [0, 0.05) is 5.02 Å². The van der Waals surface area contributed by atoms with Gasteiger partial charge in [0.2, 0.25) is 0 Å². The molecule has 1 aromatic rings. The van der Waals surface area contributed by atoms with E-state index in [4.69, 9.17) is 17.3 Å². The zero-order valence-corrected chi connectivity index (χ0v) is 7.59. The molecule has 0 unspecified atom stereocenters. The fourth-order valence-electron chi connectivity index (χ4n) is 0.955. The number of hydrogen-bond acceptors (Lipinski definition) is 2. The van der Waals surface area contributed by atoms with E-state index in [1.54, 1.807) is 24.3 Å². The molecule has 0 aliphatic heterocycles. The van der Waals surface area contributed by atoms with Gasteiger partial charge >= 0.3 is 6.04 Å². The number of rotatable bonds is 3. The molecule has 0 aliphatic rings. The van der Waals surface area contributed by atoms with Crippen molar-refractivity contribution < 1.29 is 9.18 Å².